The Morgan fingerprint density at radius 1 is 1.23 bits per heavy atom. The first-order valence-corrected chi connectivity index (χ1v) is 6.43. The third kappa shape index (κ3) is 31.0. The number of nitrogens with one attached hydrogen (secondary N) is 1. The van der Waals surface area contributed by atoms with Crippen LogP contribution in [-0.2, 0) is 22.2 Å². The van der Waals surface area contributed by atoms with E-state index in [0.29, 0.717) is 4.32 Å². The predicted molar refractivity (Wildman–Crippen MR) is 90.0 cm³/mol. The maximum Gasteiger partial charge on any atom is 0.224 e. The molecule has 132 valence electrons. The molecule has 0 aromatic heterocycles. The number of carbonyl (C=O) groups is 3. The number of Topliss-reactive ketones (excluding diaryl/α,β-unsaturated/α-hetero) is 1. The van der Waals surface area contributed by atoms with Crippen LogP contribution in [0.3, 0.4) is 0 Å². The normalized spacial score (nSPS) is 11.9. The molecular weight excluding hydrogens is 332 g/mol. The first-order chi connectivity index (χ1) is 9.15. The van der Waals surface area contributed by atoms with Crippen LogP contribution in [0.2, 0.25) is 0 Å². The smallest absolute Gasteiger partial charge is 0.224 e. The Balaban J connectivity index is -0.000000113. The van der Waals surface area contributed by atoms with E-state index in [2.05, 4.69) is 21.9 Å². The quantitative estimate of drug-likeness (QED) is 0.236. The van der Waals surface area contributed by atoms with Gasteiger partial charge in [-0.2, -0.15) is 0 Å². The number of primary amides is 2. The maximum absolute atomic E-state index is 9.95. The summed E-state index contributed by atoms with van der Waals surface area (Å²) >= 11 is 9.39. The van der Waals surface area contributed by atoms with Gasteiger partial charge in [-0.3, -0.25) is 9.59 Å². The number of amides is 2. The first kappa shape index (κ1) is 28.5. The topological polar surface area (TPSA) is 215 Å². The number of ketones is 1. The highest BCUT2D eigenvalue weighted by molar-refractivity contribution is 8.00. The molecule has 13 N–H and O–H groups in total. The van der Waals surface area contributed by atoms with Crippen molar-refractivity contribution in [3.05, 3.63) is 0 Å². The van der Waals surface area contributed by atoms with Gasteiger partial charge in [0, 0.05) is 13.1 Å². The lowest BCUT2D eigenvalue weighted by Gasteiger charge is -2.19. The van der Waals surface area contributed by atoms with E-state index in [9.17, 15) is 9.59 Å². The van der Waals surface area contributed by atoms with Crippen LogP contribution in [0.4, 0.5) is 4.79 Å². The van der Waals surface area contributed by atoms with Crippen LogP contribution in [0.15, 0.2) is 0 Å². The number of rotatable bonds is 3. The average molecular weight is 358 g/mol. The van der Waals surface area contributed by atoms with Gasteiger partial charge in [0.05, 0.1) is 6.42 Å². The summed E-state index contributed by atoms with van der Waals surface area (Å²) in [6, 6.07) is 0. The van der Waals surface area contributed by atoms with Gasteiger partial charge in [-0.1, -0.05) is 0 Å². The van der Waals surface area contributed by atoms with E-state index in [1.807, 2.05) is 0 Å². The first-order valence-electron chi connectivity index (χ1n) is 5.62. The zero-order chi connectivity index (χ0) is 16.1. The molecule has 0 unspecified atom stereocenters. The number of hydrogen-bond acceptors (Lipinski definition) is 7. The summed E-state index contributed by atoms with van der Waals surface area (Å²) in [5.41, 5.74) is 11.5. The molecule has 1 aliphatic rings. The van der Waals surface area contributed by atoms with Gasteiger partial charge in [0.15, 0.2) is 0 Å². The molecule has 0 atom stereocenters. The number of thiocarbonyl (C=S) groups is 1. The van der Waals surface area contributed by atoms with E-state index in [1.54, 1.807) is 0 Å². The van der Waals surface area contributed by atoms with Crippen molar-refractivity contribution >= 4 is 47.0 Å². The summed E-state index contributed by atoms with van der Waals surface area (Å²) < 4.78 is 0.455. The monoisotopic (exact) mass is 358 g/mol. The van der Waals surface area contributed by atoms with E-state index in [-0.39, 0.29) is 24.5 Å². The molecule has 10 nitrogen and oxygen atoms in total. The standard InChI is InChI=1S/C5H10N2S2.C4H7NO2.CH3NO2.2H3N/c8-5(9)6-7-3-1-2-4-7;1-3(6)2-4(5)7;2-1(3)4;;/h1-4H2,(H2,6,8,9);2H2,1H3,(H2,5,7);2H2,(H,3,4);2*1H3. The zero-order valence-corrected chi connectivity index (χ0v) is 14.7. The van der Waals surface area contributed by atoms with Crippen LogP contribution in [0.5, 0.6) is 0 Å². The number of quaternary nitrogens is 2. The van der Waals surface area contributed by atoms with Gasteiger partial charge >= 0.3 is 0 Å². The maximum atomic E-state index is 9.95. The SMILES string of the molecule is CC(=O)CC(N)=O.NC(=O)[O-].S=C([S-])NN1CCCC1.[NH4+].[NH4+]. The van der Waals surface area contributed by atoms with E-state index >= 15 is 0 Å². The number of carboxylic acid groups (broad SMARTS) is 1. The minimum atomic E-state index is -1.58. The average Bonchev–Trinajstić information content (AvgIpc) is 2.66. The molecule has 0 aromatic carbocycles. The summed E-state index contributed by atoms with van der Waals surface area (Å²) in [5.74, 6) is -0.750. The molecule has 1 fully saturated rings. The number of carbonyl (C=O) groups excluding carboxylic acids is 3. The Labute approximate surface area is 140 Å². The van der Waals surface area contributed by atoms with Gasteiger partial charge in [0.25, 0.3) is 0 Å². The summed E-state index contributed by atoms with van der Waals surface area (Å²) in [6.45, 7) is 3.48. The molecule has 1 aliphatic heterocycles. The molecule has 1 heterocycles. The van der Waals surface area contributed by atoms with Crippen LogP contribution < -0.4 is 34.3 Å². The highest BCUT2D eigenvalue weighted by Gasteiger charge is 2.08. The highest BCUT2D eigenvalue weighted by Crippen LogP contribution is 2.02. The fourth-order valence-electron chi connectivity index (χ4n) is 1.20. The molecule has 1 rings (SSSR count). The van der Waals surface area contributed by atoms with Crippen molar-refractivity contribution in [2.45, 2.75) is 26.2 Å². The van der Waals surface area contributed by atoms with Gasteiger partial charge in [-0.25, -0.2) is 5.01 Å². The second-order valence-electron chi connectivity index (χ2n) is 3.76. The third-order valence-electron chi connectivity index (χ3n) is 1.78. The van der Waals surface area contributed by atoms with Crippen molar-refractivity contribution in [3.63, 3.8) is 0 Å². The number of nitrogens with two attached hydrogens (primary N) is 2. The van der Waals surface area contributed by atoms with Crippen molar-refractivity contribution in [2.75, 3.05) is 13.1 Å². The van der Waals surface area contributed by atoms with Gasteiger partial charge in [-0.05, 0) is 24.1 Å². The Morgan fingerprint density at radius 3 is 1.77 bits per heavy atom. The molecule has 0 saturated carbocycles. The van der Waals surface area contributed by atoms with Crippen molar-refractivity contribution in [2.24, 2.45) is 11.5 Å². The summed E-state index contributed by atoms with van der Waals surface area (Å²) in [6.07, 6.45) is 0.788. The Bertz CT molecular complexity index is 334. The van der Waals surface area contributed by atoms with Crippen molar-refractivity contribution in [3.8, 4) is 0 Å². The van der Waals surface area contributed by atoms with E-state index < -0.39 is 12.0 Å². The molecule has 0 aromatic rings. The van der Waals surface area contributed by atoms with E-state index in [1.165, 1.54) is 19.8 Å². The van der Waals surface area contributed by atoms with Crippen LogP contribution in [0.25, 0.3) is 0 Å². The molecule has 0 spiro atoms. The predicted octanol–water partition coefficient (Wildman–Crippen LogP) is -1.09. The number of hydrazine groups is 1. The van der Waals surface area contributed by atoms with Crippen LogP contribution in [0, 0.1) is 0 Å². The molecule has 2 amide bonds. The lowest BCUT2D eigenvalue weighted by atomic mass is 10.3. The van der Waals surface area contributed by atoms with Gasteiger partial charge in [0.2, 0.25) is 5.91 Å². The van der Waals surface area contributed by atoms with Crippen molar-refractivity contribution in [1.29, 1.82) is 0 Å². The molecular formula is C10H26N6O4S2. The van der Waals surface area contributed by atoms with Crippen molar-refractivity contribution < 1.29 is 19.5 Å². The van der Waals surface area contributed by atoms with Crippen molar-refractivity contribution in [1.82, 2.24) is 22.7 Å². The van der Waals surface area contributed by atoms with Gasteiger partial charge in [-0.15, -0.1) is 0 Å². The highest BCUT2D eigenvalue weighted by atomic mass is 32.1. The van der Waals surface area contributed by atoms with Crippen LogP contribution in [0.1, 0.15) is 26.2 Å². The molecule has 0 bridgehead atoms. The zero-order valence-electron chi connectivity index (χ0n) is 13.1. The molecule has 0 aliphatic carbocycles. The van der Waals surface area contributed by atoms with E-state index in [4.69, 9.17) is 34.7 Å². The Morgan fingerprint density at radius 2 is 1.59 bits per heavy atom. The molecule has 12 heteroatoms. The van der Waals surface area contributed by atoms with Crippen LogP contribution in [-0.4, -0.2) is 40.2 Å². The third-order valence-corrected chi connectivity index (χ3v) is 1.96. The fraction of sp³-hybridized carbons (Fsp3) is 0.600. The lowest BCUT2D eigenvalue weighted by molar-refractivity contribution is -0.245. The summed E-state index contributed by atoms with van der Waals surface area (Å²) in [4.78, 5) is 28.4. The summed E-state index contributed by atoms with van der Waals surface area (Å²) in [5, 5.41) is 10.7. The largest absolute Gasteiger partial charge is 0.530 e. The lowest BCUT2D eigenvalue weighted by Crippen LogP contribution is -2.37. The molecule has 22 heavy (non-hydrogen) atoms. The minimum absolute atomic E-state index is 0. The van der Waals surface area contributed by atoms with Gasteiger partial charge in [0.1, 0.15) is 11.9 Å². The number of nitrogens with zero attached hydrogens (tertiary/aromatic N) is 1. The van der Waals surface area contributed by atoms with Gasteiger partial charge < -0.3 is 63.9 Å². The minimum Gasteiger partial charge on any atom is -0.530 e. The molecule has 1 saturated heterocycles. The second kappa shape index (κ2) is 17.5. The Kier molecular flexibility index (Phi) is 22.6. The van der Waals surface area contributed by atoms with Crippen LogP contribution >= 0.6 is 12.2 Å². The van der Waals surface area contributed by atoms with E-state index in [0.717, 1.165) is 13.1 Å². The Hall–Kier alpha value is -1.60. The summed E-state index contributed by atoms with van der Waals surface area (Å²) in [7, 11) is 0. The fourth-order valence-corrected chi connectivity index (χ4v) is 1.46. The molecule has 0 radical (unpaired) electrons. The number of hydrogen-bond donors (Lipinski definition) is 5. The second-order valence-corrected chi connectivity index (χ2v) is 4.83.